The summed E-state index contributed by atoms with van der Waals surface area (Å²) in [4.78, 5) is 2.66. The minimum Gasteiger partial charge on any atom is -0.455 e. The monoisotopic (exact) mass is 452 g/mol. The molecule has 1 aliphatic rings. The van der Waals surface area contributed by atoms with Crippen LogP contribution in [-0.4, -0.2) is 0 Å². The Balaban J connectivity index is 1.57. The van der Waals surface area contributed by atoms with Crippen molar-refractivity contribution in [1.82, 2.24) is 0 Å². The zero-order chi connectivity index (χ0) is 22.5. The Morgan fingerprint density at radius 2 is 1.68 bits per heavy atom. The van der Waals surface area contributed by atoms with E-state index in [2.05, 4.69) is 84.9 Å². The van der Waals surface area contributed by atoms with E-state index >= 15 is 0 Å². The third-order valence-electron chi connectivity index (χ3n) is 6.64. The lowest BCUT2D eigenvalue weighted by molar-refractivity contribution is 0.670. The van der Waals surface area contributed by atoms with E-state index in [9.17, 15) is 0 Å². The molecule has 0 radical (unpaired) electrons. The first kappa shape index (κ1) is 19.4. The van der Waals surface area contributed by atoms with Gasteiger partial charge >= 0.3 is 0 Å². The van der Waals surface area contributed by atoms with Gasteiger partial charge in [-0.05, 0) is 53.8 Å². The molecule has 4 aromatic carbocycles. The first-order valence-corrected chi connectivity index (χ1v) is 12.4. The molecule has 0 fully saturated rings. The van der Waals surface area contributed by atoms with Crippen molar-refractivity contribution in [2.75, 3.05) is 0 Å². The van der Waals surface area contributed by atoms with Crippen LogP contribution in [0.4, 0.5) is 0 Å². The average molecular weight is 453 g/mol. The van der Waals surface area contributed by atoms with Gasteiger partial charge in [-0.3, -0.25) is 0 Å². The smallest absolute Gasteiger partial charge is 0.144 e. The summed E-state index contributed by atoms with van der Waals surface area (Å²) < 4.78 is 6.49. The van der Waals surface area contributed by atoms with Crippen molar-refractivity contribution in [1.29, 1.82) is 0 Å². The zero-order valence-corrected chi connectivity index (χ0v) is 19.3. The summed E-state index contributed by atoms with van der Waals surface area (Å²) >= 11 is 1.89. The third-order valence-corrected chi connectivity index (χ3v) is 7.97. The predicted octanol–water partition coefficient (Wildman–Crippen LogP) is 9.21. The summed E-state index contributed by atoms with van der Waals surface area (Å²) in [5.74, 6) is 0. The highest BCUT2D eigenvalue weighted by atomic mass is 32.1. The van der Waals surface area contributed by atoms with Crippen molar-refractivity contribution in [3.8, 4) is 32.0 Å². The van der Waals surface area contributed by atoms with Crippen LogP contribution in [0.25, 0.3) is 60.0 Å². The minimum atomic E-state index is 0.914. The molecule has 160 valence electrons. The molecule has 6 aromatic rings. The van der Waals surface area contributed by atoms with Gasteiger partial charge in [0.1, 0.15) is 11.2 Å². The first-order valence-electron chi connectivity index (χ1n) is 11.6. The van der Waals surface area contributed by atoms with E-state index in [-0.39, 0.29) is 0 Å². The van der Waals surface area contributed by atoms with Crippen LogP contribution in [-0.2, 0) is 6.42 Å². The highest BCUT2D eigenvalue weighted by Crippen LogP contribution is 2.49. The van der Waals surface area contributed by atoms with Crippen molar-refractivity contribution in [3.63, 3.8) is 0 Å². The lowest BCUT2D eigenvalue weighted by atomic mass is 9.90. The second kappa shape index (κ2) is 7.76. The summed E-state index contributed by atoms with van der Waals surface area (Å²) in [5.41, 5.74) is 9.22. The SMILES string of the molecule is c1cccc(-c2c(-c3sc(-c4ccccc4)c4c3CCC=C4)ccc3c2oc2ccccc23)c#1. The second-order valence-corrected chi connectivity index (χ2v) is 9.65. The van der Waals surface area contributed by atoms with Gasteiger partial charge in [-0.1, -0.05) is 84.9 Å². The number of hydrogen-bond donors (Lipinski definition) is 0. The number of furan rings is 1. The second-order valence-electron chi connectivity index (χ2n) is 8.63. The van der Waals surface area contributed by atoms with Crippen molar-refractivity contribution in [2.24, 2.45) is 0 Å². The molecule has 0 unspecified atom stereocenters. The predicted molar refractivity (Wildman–Crippen MR) is 143 cm³/mol. The summed E-state index contributed by atoms with van der Waals surface area (Å²) in [5, 5.41) is 2.28. The maximum atomic E-state index is 6.49. The highest BCUT2D eigenvalue weighted by molar-refractivity contribution is 7.19. The number of hydrogen-bond acceptors (Lipinski definition) is 2. The van der Waals surface area contributed by atoms with Crippen molar-refractivity contribution in [2.45, 2.75) is 12.8 Å². The molecule has 0 amide bonds. The fourth-order valence-corrected chi connectivity index (χ4v) is 6.47. The van der Waals surface area contributed by atoms with Crippen LogP contribution >= 0.6 is 11.3 Å². The Labute approximate surface area is 202 Å². The molecule has 2 heterocycles. The molecular weight excluding hydrogens is 432 g/mol. The topological polar surface area (TPSA) is 13.1 Å². The molecule has 1 aliphatic carbocycles. The average Bonchev–Trinajstić information content (AvgIpc) is 3.48. The molecule has 0 spiro atoms. The van der Waals surface area contributed by atoms with E-state index in [0.717, 1.165) is 45.9 Å². The zero-order valence-electron chi connectivity index (χ0n) is 18.5. The fraction of sp³-hybridized carbons (Fsp3) is 0.0625. The van der Waals surface area contributed by atoms with Crippen LogP contribution in [0.5, 0.6) is 0 Å². The van der Waals surface area contributed by atoms with Gasteiger partial charge in [0.25, 0.3) is 0 Å². The molecule has 0 bridgehead atoms. The van der Waals surface area contributed by atoms with Gasteiger partial charge in [0.05, 0.1) is 0 Å². The van der Waals surface area contributed by atoms with Gasteiger partial charge in [0, 0.05) is 37.2 Å². The summed E-state index contributed by atoms with van der Waals surface area (Å²) in [6.07, 6.45) is 6.72. The molecular formula is C32H20OS. The van der Waals surface area contributed by atoms with Crippen LogP contribution in [0.2, 0.25) is 0 Å². The Morgan fingerprint density at radius 1 is 0.794 bits per heavy atom. The van der Waals surface area contributed by atoms with Crippen LogP contribution in [0.15, 0.2) is 95.4 Å². The van der Waals surface area contributed by atoms with E-state index in [1.165, 1.54) is 32.0 Å². The highest BCUT2D eigenvalue weighted by Gasteiger charge is 2.24. The van der Waals surface area contributed by atoms with E-state index in [0.29, 0.717) is 0 Å². The number of allylic oxidation sites excluding steroid dienone is 1. The molecule has 0 saturated heterocycles. The number of rotatable bonds is 3. The maximum Gasteiger partial charge on any atom is 0.144 e. The number of fused-ring (bicyclic) bond motifs is 4. The van der Waals surface area contributed by atoms with Gasteiger partial charge in [-0.2, -0.15) is 0 Å². The van der Waals surface area contributed by atoms with Gasteiger partial charge in [-0.25, -0.2) is 0 Å². The summed E-state index contributed by atoms with van der Waals surface area (Å²) in [6.45, 7) is 0. The molecule has 0 saturated carbocycles. The van der Waals surface area contributed by atoms with Crippen LogP contribution < -0.4 is 0 Å². The van der Waals surface area contributed by atoms with Crippen LogP contribution in [0, 0.1) is 12.1 Å². The molecule has 2 aromatic heterocycles. The number of thiophene rings is 1. The quantitative estimate of drug-likeness (QED) is 0.261. The Morgan fingerprint density at radius 3 is 2.56 bits per heavy atom. The molecule has 34 heavy (non-hydrogen) atoms. The Kier molecular flexibility index (Phi) is 4.43. The molecule has 1 nitrogen and oxygen atoms in total. The van der Waals surface area contributed by atoms with Crippen LogP contribution in [0.3, 0.4) is 0 Å². The summed E-state index contributed by atoms with van der Waals surface area (Å²) in [7, 11) is 0. The first-order chi connectivity index (χ1) is 16.9. The van der Waals surface area contributed by atoms with E-state index < -0.39 is 0 Å². The maximum absolute atomic E-state index is 6.49. The van der Waals surface area contributed by atoms with Gasteiger partial charge in [-0.15, -0.1) is 11.3 Å². The van der Waals surface area contributed by atoms with E-state index in [1.54, 1.807) is 0 Å². The summed E-state index contributed by atoms with van der Waals surface area (Å²) in [6, 6.07) is 36.1. The van der Waals surface area contributed by atoms with Crippen molar-refractivity contribution in [3.05, 3.63) is 114 Å². The van der Waals surface area contributed by atoms with E-state index in [4.69, 9.17) is 4.42 Å². The molecule has 0 N–H and O–H groups in total. The van der Waals surface area contributed by atoms with E-state index in [1.807, 2.05) is 35.6 Å². The van der Waals surface area contributed by atoms with Gasteiger partial charge in [0.15, 0.2) is 0 Å². The van der Waals surface area contributed by atoms with Crippen molar-refractivity contribution >= 4 is 39.4 Å². The standard InChI is InChI=1S/C32H20OS/c1-3-11-21(12-4-1)29-27(20-19-24-23-15-9-10-18-28(23)33-30(24)29)32-26-17-8-7-16-25(26)31(34-32)22-13-5-2-6-14-22/h1-3,5-7,9-11,13-16,18-20H,8,17H2. The van der Waals surface area contributed by atoms with Crippen LogP contribution in [0.1, 0.15) is 17.5 Å². The molecule has 0 atom stereocenters. The molecule has 7 rings (SSSR count). The minimum absolute atomic E-state index is 0.914. The largest absolute Gasteiger partial charge is 0.455 e. The normalized spacial score (nSPS) is 12.7. The van der Waals surface area contributed by atoms with Crippen molar-refractivity contribution < 1.29 is 4.42 Å². The third kappa shape index (κ3) is 2.95. The lowest BCUT2D eigenvalue weighted by Gasteiger charge is -2.12. The lowest BCUT2D eigenvalue weighted by Crippen LogP contribution is -1.94. The van der Waals surface area contributed by atoms with Gasteiger partial charge < -0.3 is 4.42 Å². The Hall–Kier alpha value is -4.06. The number of para-hydroxylation sites is 1. The Bertz CT molecular complexity index is 1680. The van der Waals surface area contributed by atoms with Gasteiger partial charge in [0.2, 0.25) is 0 Å². The number of benzene rings is 3. The fourth-order valence-electron chi connectivity index (χ4n) is 5.10. The molecule has 2 heteroatoms. The molecule has 0 aliphatic heterocycles.